The van der Waals surface area contributed by atoms with E-state index in [4.69, 9.17) is 16.3 Å². The fraction of sp³-hybridized carbons (Fsp3) is 0.185. The van der Waals surface area contributed by atoms with Crippen LogP contribution in [0.2, 0.25) is 0 Å². The van der Waals surface area contributed by atoms with Crippen LogP contribution in [0.1, 0.15) is 23.1 Å². The number of cyclic esters (lactones) is 1. The second-order valence-electron chi connectivity index (χ2n) is 7.30. The number of allylic oxidation sites excluding steroid dienone is 1. The molecule has 1 unspecified atom stereocenters. The molecule has 0 bridgehead atoms. The molecule has 1 saturated heterocycles. The van der Waals surface area contributed by atoms with Gasteiger partial charge in [0, 0.05) is 6.42 Å². The largest absolute Gasteiger partial charge is 0.430 e. The SMILES string of the molecule is O=C(Cl)CCc1ccccc1.O=C1O/C(=C\Cc2ccccc2)C1Cc1ccccc1. The third kappa shape index (κ3) is 7.54. The van der Waals surface area contributed by atoms with Gasteiger partial charge in [0.15, 0.2) is 0 Å². The van der Waals surface area contributed by atoms with E-state index in [1.54, 1.807) is 0 Å². The highest BCUT2D eigenvalue weighted by Crippen LogP contribution is 2.30. The van der Waals surface area contributed by atoms with Crippen LogP contribution in [0.15, 0.2) is 103 Å². The Labute approximate surface area is 188 Å². The van der Waals surface area contributed by atoms with Crippen LogP contribution in [0.4, 0.5) is 0 Å². The molecule has 3 aromatic rings. The van der Waals surface area contributed by atoms with Gasteiger partial charge in [-0.05, 0) is 53.6 Å². The first-order chi connectivity index (χ1) is 15.1. The van der Waals surface area contributed by atoms with E-state index in [2.05, 4.69) is 12.1 Å². The van der Waals surface area contributed by atoms with Crippen molar-refractivity contribution in [3.63, 3.8) is 0 Å². The summed E-state index contributed by atoms with van der Waals surface area (Å²) in [5.74, 6) is 0.581. The summed E-state index contributed by atoms with van der Waals surface area (Å²) in [5.41, 5.74) is 3.54. The molecule has 0 aromatic heterocycles. The Morgan fingerprint density at radius 3 is 1.84 bits per heavy atom. The van der Waals surface area contributed by atoms with Crippen LogP contribution >= 0.6 is 11.6 Å². The highest BCUT2D eigenvalue weighted by atomic mass is 35.5. The summed E-state index contributed by atoms with van der Waals surface area (Å²) in [6.07, 6.45) is 4.70. The number of hydrogen-bond acceptors (Lipinski definition) is 3. The van der Waals surface area contributed by atoms with Crippen molar-refractivity contribution in [2.45, 2.75) is 25.7 Å². The summed E-state index contributed by atoms with van der Waals surface area (Å²) in [6, 6.07) is 30.1. The number of halogens is 1. The number of aryl methyl sites for hydroxylation is 1. The Balaban J connectivity index is 0.000000210. The van der Waals surface area contributed by atoms with Gasteiger partial charge in [-0.1, -0.05) is 91.0 Å². The number of carbonyl (C=O) groups is 2. The van der Waals surface area contributed by atoms with Gasteiger partial charge in [0.2, 0.25) is 5.24 Å². The van der Waals surface area contributed by atoms with E-state index in [0.29, 0.717) is 6.42 Å². The molecule has 1 heterocycles. The predicted molar refractivity (Wildman–Crippen MR) is 124 cm³/mol. The van der Waals surface area contributed by atoms with Crippen LogP contribution in [-0.2, 0) is 33.6 Å². The second-order valence-corrected chi connectivity index (χ2v) is 7.72. The van der Waals surface area contributed by atoms with Crippen molar-refractivity contribution in [3.8, 4) is 0 Å². The molecule has 0 radical (unpaired) electrons. The third-order valence-corrected chi connectivity index (χ3v) is 5.15. The maximum Gasteiger partial charge on any atom is 0.322 e. The lowest BCUT2D eigenvalue weighted by atomic mass is 9.92. The average Bonchev–Trinajstić information content (AvgIpc) is 2.81. The van der Waals surface area contributed by atoms with Crippen LogP contribution in [-0.4, -0.2) is 11.2 Å². The van der Waals surface area contributed by atoms with Crippen LogP contribution in [0, 0.1) is 5.92 Å². The van der Waals surface area contributed by atoms with Gasteiger partial charge in [0.25, 0.3) is 0 Å². The summed E-state index contributed by atoms with van der Waals surface area (Å²) in [6.45, 7) is 0. The molecule has 0 amide bonds. The number of carbonyl (C=O) groups excluding carboxylic acids is 2. The number of ether oxygens (including phenoxy) is 1. The van der Waals surface area contributed by atoms with Gasteiger partial charge < -0.3 is 4.74 Å². The van der Waals surface area contributed by atoms with Crippen LogP contribution < -0.4 is 0 Å². The molecule has 3 nitrogen and oxygen atoms in total. The van der Waals surface area contributed by atoms with Crippen molar-refractivity contribution in [2.75, 3.05) is 0 Å². The molecular formula is C27H25ClO3. The highest BCUT2D eigenvalue weighted by Gasteiger charge is 2.36. The Bertz CT molecular complexity index is 998. The molecule has 0 saturated carbocycles. The summed E-state index contributed by atoms with van der Waals surface area (Å²) in [4.78, 5) is 22.0. The number of rotatable bonds is 7. The first-order valence-corrected chi connectivity index (χ1v) is 10.7. The monoisotopic (exact) mass is 432 g/mol. The molecule has 1 atom stereocenters. The first-order valence-electron chi connectivity index (χ1n) is 10.3. The smallest absolute Gasteiger partial charge is 0.322 e. The van der Waals surface area contributed by atoms with Crippen molar-refractivity contribution in [3.05, 3.63) is 120 Å². The van der Waals surface area contributed by atoms with E-state index in [1.165, 1.54) is 11.1 Å². The van der Waals surface area contributed by atoms with Crippen LogP contribution in [0.25, 0.3) is 0 Å². The lowest BCUT2D eigenvalue weighted by Gasteiger charge is -2.28. The van der Waals surface area contributed by atoms with E-state index in [9.17, 15) is 9.59 Å². The van der Waals surface area contributed by atoms with Gasteiger partial charge in [0.05, 0.1) is 0 Å². The molecule has 3 aromatic carbocycles. The number of hydrogen-bond donors (Lipinski definition) is 0. The Kier molecular flexibility index (Phi) is 8.62. The average molecular weight is 433 g/mol. The molecule has 1 fully saturated rings. The molecule has 4 heteroatoms. The standard InChI is InChI=1S/C18H16O2.C9H9ClO/c19-18-16(13-15-9-5-2-6-10-15)17(20-18)12-11-14-7-3-1-4-8-14;10-9(11)7-6-8-4-2-1-3-5-8/h1-10,12,16H,11,13H2;1-5H,6-7H2/b17-12-;. The fourth-order valence-corrected chi connectivity index (χ4v) is 3.35. The molecular weight excluding hydrogens is 408 g/mol. The zero-order valence-electron chi connectivity index (χ0n) is 17.2. The summed E-state index contributed by atoms with van der Waals surface area (Å²) in [5, 5.41) is -0.270. The van der Waals surface area contributed by atoms with E-state index in [1.807, 2.05) is 84.9 Å². The zero-order valence-corrected chi connectivity index (χ0v) is 18.0. The normalized spacial score (nSPS) is 16.0. The van der Waals surface area contributed by atoms with Crippen molar-refractivity contribution >= 4 is 22.8 Å². The van der Waals surface area contributed by atoms with Crippen molar-refractivity contribution in [1.29, 1.82) is 0 Å². The van der Waals surface area contributed by atoms with Crippen LogP contribution in [0.3, 0.4) is 0 Å². The van der Waals surface area contributed by atoms with E-state index >= 15 is 0 Å². The van der Waals surface area contributed by atoms with E-state index < -0.39 is 0 Å². The maximum absolute atomic E-state index is 11.6. The van der Waals surface area contributed by atoms with Crippen molar-refractivity contribution in [2.24, 2.45) is 5.92 Å². The fourth-order valence-electron chi connectivity index (χ4n) is 3.25. The van der Waals surface area contributed by atoms with Gasteiger partial charge >= 0.3 is 5.97 Å². The van der Waals surface area contributed by atoms with Gasteiger partial charge in [-0.3, -0.25) is 9.59 Å². The minimum Gasteiger partial charge on any atom is -0.430 e. The lowest BCUT2D eigenvalue weighted by molar-refractivity contribution is -0.157. The Hall–Kier alpha value is -3.17. The highest BCUT2D eigenvalue weighted by molar-refractivity contribution is 6.63. The molecule has 0 N–H and O–H groups in total. The summed E-state index contributed by atoms with van der Waals surface area (Å²) >= 11 is 5.19. The molecule has 1 aliphatic heterocycles. The Morgan fingerprint density at radius 1 is 0.806 bits per heavy atom. The van der Waals surface area contributed by atoms with Gasteiger partial charge in [-0.25, -0.2) is 0 Å². The number of benzene rings is 3. The van der Waals surface area contributed by atoms with E-state index in [0.717, 1.165) is 30.6 Å². The second kappa shape index (κ2) is 11.9. The quantitative estimate of drug-likeness (QED) is 0.344. The first kappa shape index (κ1) is 22.5. The molecule has 31 heavy (non-hydrogen) atoms. The topological polar surface area (TPSA) is 43.4 Å². The van der Waals surface area contributed by atoms with Gasteiger partial charge in [-0.15, -0.1) is 0 Å². The molecule has 4 rings (SSSR count). The summed E-state index contributed by atoms with van der Waals surface area (Å²) < 4.78 is 5.17. The molecule has 0 spiro atoms. The minimum absolute atomic E-state index is 0.110. The molecule has 0 aliphatic carbocycles. The van der Waals surface area contributed by atoms with Gasteiger partial charge in [0.1, 0.15) is 11.7 Å². The molecule has 158 valence electrons. The maximum atomic E-state index is 11.6. The van der Waals surface area contributed by atoms with Crippen LogP contribution in [0.5, 0.6) is 0 Å². The zero-order chi connectivity index (χ0) is 21.9. The van der Waals surface area contributed by atoms with E-state index in [-0.39, 0.29) is 17.1 Å². The Morgan fingerprint density at radius 2 is 1.32 bits per heavy atom. The molecule has 1 aliphatic rings. The minimum atomic E-state index is -0.270. The van der Waals surface area contributed by atoms with Crippen molar-refractivity contribution in [1.82, 2.24) is 0 Å². The van der Waals surface area contributed by atoms with Gasteiger partial charge in [-0.2, -0.15) is 0 Å². The lowest BCUT2D eigenvalue weighted by Crippen LogP contribution is -2.34. The predicted octanol–water partition coefficient (Wildman–Crippen LogP) is 5.91. The summed E-state index contributed by atoms with van der Waals surface area (Å²) in [7, 11) is 0. The van der Waals surface area contributed by atoms with Crippen molar-refractivity contribution < 1.29 is 14.3 Å². The third-order valence-electron chi connectivity index (χ3n) is 4.96. The number of esters is 1.